The summed E-state index contributed by atoms with van der Waals surface area (Å²) in [6.07, 6.45) is 6.72. The van der Waals surface area contributed by atoms with E-state index in [0.717, 1.165) is 31.5 Å². The molecule has 0 bridgehead atoms. The molecule has 0 atom stereocenters. The largest absolute Gasteiger partial charge is 0.356 e. The van der Waals surface area contributed by atoms with E-state index in [-0.39, 0.29) is 0 Å². The second-order valence-electron chi connectivity index (χ2n) is 5.86. The summed E-state index contributed by atoms with van der Waals surface area (Å²) < 4.78 is 0. The molecule has 1 aliphatic heterocycles. The van der Waals surface area contributed by atoms with Crippen molar-refractivity contribution in [2.24, 2.45) is 10.9 Å². The highest BCUT2D eigenvalue weighted by Crippen LogP contribution is 2.08. The Labute approximate surface area is 119 Å². The van der Waals surface area contributed by atoms with Gasteiger partial charge < -0.3 is 15.5 Å². The summed E-state index contributed by atoms with van der Waals surface area (Å²) in [6.45, 7) is 10.1. The molecule has 0 radical (unpaired) electrons. The molecule has 4 heteroatoms. The Bertz CT molecular complexity index is 243. The fraction of sp³-hybridized carbons (Fsp3) is 0.933. The molecule has 19 heavy (non-hydrogen) atoms. The second kappa shape index (κ2) is 10.1. The zero-order valence-electron chi connectivity index (χ0n) is 13.0. The Kier molecular flexibility index (Phi) is 8.63. The fourth-order valence-corrected chi connectivity index (χ4v) is 2.39. The predicted octanol–water partition coefficient (Wildman–Crippen LogP) is 2.07. The number of hydrogen-bond acceptors (Lipinski definition) is 2. The molecule has 1 aliphatic rings. The summed E-state index contributed by atoms with van der Waals surface area (Å²) in [5, 5.41) is 6.78. The molecule has 4 nitrogen and oxygen atoms in total. The average molecular weight is 268 g/mol. The van der Waals surface area contributed by atoms with Crippen molar-refractivity contribution in [2.45, 2.75) is 46.0 Å². The Morgan fingerprint density at radius 1 is 1.05 bits per heavy atom. The van der Waals surface area contributed by atoms with Crippen LogP contribution in [-0.2, 0) is 0 Å². The first kappa shape index (κ1) is 16.3. The quantitative estimate of drug-likeness (QED) is 0.572. The highest BCUT2D eigenvalue weighted by Gasteiger charge is 2.08. The molecule has 1 rings (SSSR count). The molecule has 0 amide bonds. The maximum Gasteiger partial charge on any atom is 0.191 e. The SMILES string of the molecule is CN=C(NCCC(C)C)NCCN1CCCCCC1. The van der Waals surface area contributed by atoms with Crippen molar-refractivity contribution in [3.05, 3.63) is 0 Å². The Morgan fingerprint density at radius 2 is 1.68 bits per heavy atom. The molecule has 1 saturated heterocycles. The third kappa shape index (κ3) is 8.09. The van der Waals surface area contributed by atoms with Crippen LogP contribution >= 0.6 is 0 Å². The van der Waals surface area contributed by atoms with Crippen molar-refractivity contribution in [2.75, 3.05) is 39.8 Å². The fourth-order valence-electron chi connectivity index (χ4n) is 2.39. The van der Waals surface area contributed by atoms with Gasteiger partial charge in [0.2, 0.25) is 0 Å². The van der Waals surface area contributed by atoms with Gasteiger partial charge in [-0.2, -0.15) is 0 Å². The van der Waals surface area contributed by atoms with Gasteiger partial charge in [0.15, 0.2) is 5.96 Å². The lowest BCUT2D eigenvalue weighted by Gasteiger charge is -2.20. The summed E-state index contributed by atoms with van der Waals surface area (Å²) in [7, 11) is 1.84. The van der Waals surface area contributed by atoms with Gasteiger partial charge in [0.25, 0.3) is 0 Å². The molecule has 1 fully saturated rings. The molecule has 0 saturated carbocycles. The maximum atomic E-state index is 4.26. The number of guanidine groups is 1. The number of aliphatic imine (C=N–C) groups is 1. The first-order valence-corrected chi connectivity index (χ1v) is 7.89. The number of nitrogens with one attached hydrogen (secondary N) is 2. The van der Waals surface area contributed by atoms with Gasteiger partial charge in [-0.15, -0.1) is 0 Å². The van der Waals surface area contributed by atoms with Crippen molar-refractivity contribution in [3.63, 3.8) is 0 Å². The molecule has 0 spiro atoms. The van der Waals surface area contributed by atoms with Gasteiger partial charge in [0.05, 0.1) is 0 Å². The molecule has 2 N–H and O–H groups in total. The van der Waals surface area contributed by atoms with E-state index < -0.39 is 0 Å². The Hall–Kier alpha value is -0.770. The summed E-state index contributed by atoms with van der Waals surface area (Å²) in [4.78, 5) is 6.83. The van der Waals surface area contributed by atoms with Crippen LogP contribution in [0.25, 0.3) is 0 Å². The zero-order chi connectivity index (χ0) is 13.9. The molecular formula is C15H32N4. The lowest BCUT2D eigenvalue weighted by molar-refractivity contribution is 0.289. The van der Waals surface area contributed by atoms with E-state index in [4.69, 9.17) is 0 Å². The highest BCUT2D eigenvalue weighted by molar-refractivity contribution is 5.79. The lowest BCUT2D eigenvalue weighted by Crippen LogP contribution is -2.42. The number of rotatable bonds is 6. The van der Waals surface area contributed by atoms with Crippen LogP contribution in [0.1, 0.15) is 46.0 Å². The van der Waals surface area contributed by atoms with E-state index in [2.05, 4.69) is 34.4 Å². The van der Waals surface area contributed by atoms with E-state index in [9.17, 15) is 0 Å². The molecule has 112 valence electrons. The predicted molar refractivity (Wildman–Crippen MR) is 83.7 cm³/mol. The molecular weight excluding hydrogens is 236 g/mol. The van der Waals surface area contributed by atoms with Crippen molar-refractivity contribution < 1.29 is 0 Å². The smallest absolute Gasteiger partial charge is 0.191 e. The first-order valence-electron chi connectivity index (χ1n) is 7.89. The molecule has 1 heterocycles. The van der Waals surface area contributed by atoms with Crippen LogP contribution in [0, 0.1) is 5.92 Å². The van der Waals surface area contributed by atoms with Crippen LogP contribution in [0.3, 0.4) is 0 Å². The van der Waals surface area contributed by atoms with Gasteiger partial charge in [-0.3, -0.25) is 4.99 Å². The third-order valence-corrected chi connectivity index (χ3v) is 3.66. The molecule has 0 aliphatic carbocycles. The van der Waals surface area contributed by atoms with Gasteiger partial charge in [-0.05, 0) is 38.3 Å². The summed E-state index contributed by atoms with van der Waals surface area (Å²) >= 11 is 0. The minimum absolute atomic E-state index is 0.739. The van der Waals surface area contributed by atoms with E-state index in [1.54, 1.807) is 0 Å². The topological polar surface area (TPSA) is 39.7 Å². The number of likely N-dealkylation sites (tertiary alicyclic amines) is 1. The highest BCUT2D eigenvalue weighted by atomic mass is 15.2. The third-order valence-electron chi connectivity index (χ3n) is 3.66. The van der Waals surface area contributed by atoms with Crippen LogP contribution in [-0.4, -0.2) is 50.6 Å². The minimum Gasteiger partial charge on any atom is -0.356 e. The van der Waals surface area contributed by atoms with E-state index in [1.165, 1.54) is 45.2 Å². The Balaban J connectivity index is 2.11. The molecule has 0 aromatic heterocycles. The monoisotopic (exact) mass is 268 g/mol. The van der Waals surface area contributed by atoms with Crippen molar-refractivity contribution in [1.82, 2.24) is 15.5 Å². The molecule has 0 aromatic carbocycles. The normalized spacial score (nSPS) is 18.4. The van der Waals surface area contributed by atoms with Crippen molar-refractivity contribution >= 4 is 5.96 Å². The lowest BCUT2D eigenvalue weighted by atomic mass is 10.1. The van der Waals surface area contributed by atoms with Crippen molar-refractivity contribution in [1.29, 1.82) is 0 Å². The first-order chi connectivity index (χ1) is 9.22. The van der Waals surface area contributed by atoms with Gasteiger partial charge in [-0.25, -0.2) is 0 Å². The van der Waals surface area contributed by atoms with Gasteiger partial charge in [0, 0.05) is 26.7 Å². The second-order valence-corrected chi connectivity index (χ2v) is 5.86. The standard InChI is InChI=1S/C15H32N4/c1-14(2)8-9-17-15(16-3)18-10-13-19-11-6-4-5-7-12-19/h14H,4-13H2,1-3H3,(H2,16,17,18). The van der Waals surface area contributed by atoms with E-state index in [1.807, 2.05) is 7.05 Å². The van der Waals surface area contributed by atoms with Gasteiger partial charge in [0.1, 0.15) is 0 Å². The van der Waals surface area contributed by atoms with Crippen LogP contribution in [0.4, 0.5) is 0 Å². The molecule has 0 unspecified atom stereocenters. The summed E-state index contributed by atoms with van der Waals surface area (Å²) in [6, 6.07) is 0. The summed E-state index contributed by atoms with van der Waals surface area (Å²) in [5.74, 6) is 1.68. The van der Waals surface area contributed by atoms with E-state index in [0.29, 0.717) is 0 Å². The average Bonchev–Trinajstić information content (AvgIpc) is 2.65. The van der Waals surface area contributed by atoms with E-state index >= 15 is 0 Å². The number of hydrogen-bond donors (Lipinski definition) is 2. The van der Waals surface area contributed by atoms with Crippen LogP contribution in [0.2, 0.25) is 0 Å². The van der Waals surface area contributed by atoms with Crippen LogP contribution in [0.5, 0.6) is 0 Å². The van der Waals surface area contributed by atoms with Crippen LogP contribution < -0.4 is 10.6 Å². The minimum atomic E-state index is 0.739. The van der Waals surface area contributed by atoms with Crippen molar-refractivity contribution in [3.8, 4) is 0 Å². The Morgan fingerprint density at radius 3 is 2.26 bits per heavy atom. The number of nitrogens with zero attached hydrogens (tertiary/aromatic N) is 2. The zero-order valence-corrected chi connectivity index (χ0v) is 13.0. The maximum absolute atomic E-state index is 4.26. The summed E-state index contributed by atoms with van der Waals surface area (Å²) in [5.41, 5.74) is 0. The molecule has 0 aromatic rings. The van der Waals surface area contributed by atoms with Gasteiger partial charge in [-0.1, -0.05) is 26.7 Å². The van der Waals surface area contributed by atoms with Gasteiger partial charge >= 0.3 is 0 Å². The van der Waals surface area contributed by atoms with Crippen LogP contribution in [0.15, 0.2) is 4.99 Å².